The van der Waals surface area contributed by atoms with Crippen molar-refractivity contribution in [1.82, 2.24) is 9.66 Å². The Morgan fingerprint density at radius 2 is 1.81 bits per heavy atom. The van der Waals surface area contributed by atoms with Gasteiger partial charge < -0.3 is 18.8 Å². The molecule has 0 spiro atoms. The summed E-state index contributed by atoms with van der Waals surface area (Å²) in [6.45, 7) is 14.8. The Morgan fingerprint density at radius 1 is 1.19 bits per heavy atom. The van der Waals surface area contributed by atoms with Gasteiger partial charge in [-0.1, -0.05) is 0 Å². The van der Waals surface area contributed by atoms with E-state index in [0.717, 1.165) is 12.8 Å². The average Bonchev–Trinajstić information content (AvgIpc) is 3.54. The number of carbonyl (C=O) groups is 2. The maximum absolute atomic E-state index is 13.5. The zero-order chi connectivity index (χ0) is 26.6. The van der Waals surface area contributed by atoms with Crippen molar-refractivity contribution in [1.29, 1.82) is 0 Å². The number of hydrogen-bond acceptors (Lipinski definition) is 8. The third kappa shape index (κ3) is 4.86. The van der Waals surface area contributed by atoms with Crippen LogP contribution >= 0.6 is 0 Å². The molecule has 2 fully saturated rings. The number of fused-ring (bicyclic) bond motifs is 1. The van der Waals surface area contributed by atoms with Crippen LogP contribution in [0.4, 0.5) is 4.79 Å². The molecule has 1 saturated heterocycles. The molecule has 11 heteroatoms. The highest BCUT2D eigenvalue weighted by Crippen LogP contribution is 2.36. The smallest absolute Gasteiger partial charge is 0.462 e. The van der Waals surface area contributed by atoms with E-state index in [1.165, 1.54) is 15.9 Å². The van der Waals surface area contributed by atoms with Gasteiger partial charge in [-0.05, 0) is 74.3 Å². The number of rotatable bonds is 5. The van der Waals surface area contributed by atoms with Crippen LogP contribution in [0.3, 0.4) is 0 Å². The third-order valence-electron chi connectivity index (χ3n) is 6.57. The predicted octanol–water partition coefficient (Wildman–Crippen LogP) is 2.91. The van der Waals surface area contributed by atoms with Crippen LogP contribution in [0.1, 0.15) is 78.6 Å². The van der Waals surface area contributed by atoms with Crippen LogP contribution in [0.2, 0.25) is 0 Å². The molecule has 0 bridgehead atoms. The normalized spacial score (nSPS) is 18.8. The summed E-state index contributed by atoms with van der Waals surface area (Å²) in [5.41, 5.74) is -1.91. The Labute approximate surface area is 211 Å². The molecular weight excluding hydrogens is 465 g/mol. The van der Waals surface area contributed by atoms with E-state index in [9.17, 15) is 14.4 Å². The molecule has 36 heavy (non-hydrogen) atoms. The van der Waals surface area contributed by atoms with E-state index in [4.69, 9.17) is 18.8 Å². The molecule has 194 valence electrons. The predicted molar refractivity (Wildman–Crippen MR) is 135 cm³/mol. The molecule has 10 nitrogen and oxygen atoms in total. The Balaban J connectivity index is 1.88. The van der Waals surface area contributed by atoms with Crippen LogP contribution < -0.4 is 15.9 Å². The van der Waals surface area contributed by atoms with Crippen molar-refractivity contribution < 1.29 is 28.4 Å². The van der Waals surface area contributed by atoms with Gasteiger partial charge in [-0.25, -0.2) is 24.3 Å². The lowest BCUT2D eigenvalue weighted by atomic mass is 9.80. The highest BCUT2D eigenvalue weighted by Gasteiger charge is 2.52. The van der Waals surface area contributed by atoms with E-state index in [-0.39, 0.29) is 29.2 Å². The molecule has 0 radical (unpaired) electrons. The first kappa shape index (κ1) is 26.2. The Morgan fingerprint density at radius 3 is 2.33 bits per heavy atom. The van der Waals surface area contributed by atoms with Crippen LogP contribution in [-0.2, 0) is 18.8 Å². The molecule has 1 amide bonds. The van der Waals surface area contributed by atoms with Crippen LogP contribution in [0, 0.1) is 0 Å². The van der Waals surface area contributed by atoms with Crippen molar-refractivity contribution in [3.63, 3.8) is 0 Å². The molecule has 1 aliphatic heterocycles. The average molecular weight is 499 g/mol. The van der Waals surface area contributed by atoms with Gasteiger partial charge >= 0.3 is 19.2 Å². The van der Waals surface area contributed by atoms with Crippen molar-refractivity contribution in [3.05, 3.63) is 34.2 Å². The van der Waals surface area contributed by atoms with Gasteiger partial charge in [0.15, 0.2) is 5.65 Å². The number of ether oxygens (including phenoxy) is 2. The van der Waals surface area contributed by atoms with E-state index in [1.807, 2.05) is 27.7 Å². The lowest BCUT2D eigenvalue weighted by Gasteiger charge is -2.32. The highest BCUT2D eigenvalue weighted by molar-refractivity contribution is 6.62. The minimum atomic E-state index is -0.779. The molecule has 4 rings (SSSR count). The van der Waals surface area contributed by atoms with Gasteiger partial charge in [0.2, 0.25) is 5.43 Å². The molecule has 1 aliphatic carbocycles. The molecule has 1 saturated carbocycles. The quantitative estimate of drug-likeness (QED) is 0.457. The fourth-order valence-electron chi connectivity index (χ4n) is 3.88. The van der Waals surface area contributed by atoms with E-state index in [0.29, 0.717) is 5.46 Å². The first-order valence-corrected chi connectivity index (χ1v) is 12.3. The molecule has 0 unspecified atom stereocenters. The Bertz CT molecular complexity index is 1240. The number of hydrogen-bond donors (Lipinski definition) is 0. The number of amides is 1. The highest BCUT2D eigenvalue weighted by atomic mass is 16.7. The van der Waals surface area contributed by atoms with E-state index in [1.54, 1.807) is 40.0 Å². The van der Waals surface area contributed by atoms with E-state index < -0.39 is 41.4 Å². The summed E-state index contributed by atoms with van der Waals surface area (Å²) in [6.07, 6.45) is 3.79. The molecule has 2 aliphatic rings. The van der Waals surface area contributed by atoms with E-state index in [2.05, 4.69) is 4.98 Å². The van der Waals surface area contributed by atoms with Gasteiger partial charge in [0.05, 0.1) is 29.2 Å². The molecule has 0 atom stereocenters. The summed E-state index contributed by atoms with van der Waals surface area (Å²) in [6, 6.07) is 1.46. The lowest BCUT2D eigenvalue weighted by molar-refractivity contribution is 0.00578. The van der Waals surface area contributed by atoms with Crippen molar-refractivity contribution in [3.8, 4) is 0 Å². The van der Waals surface area contributed by atoms with Gasteiger partial charge in [-0.2, -0.15) is 0 Å². The summed E-state index contributed by atoms with van der Waals surface area (Å²) in [5, 5.41) is 1.55. The van der Waals surface area contributed by atoms with Gasteiger partial charge in [-0.3, -0.25) is 4.79 Å². The summed E-state index contributed by atoms with van der Waals surface area (Å²) < 4.78 is 24.5. The van der Waals surface area contributed by atoms with Crippen molar-refractivity contribution in [2.24, 2.45) is 0 Å². The fraction of sp³-hybridized carbons (Fsp3) is 0.600. The third-order valence-corrected chi connectivity index (χ3v) is 6.57. The van der Waals surface area contributed by atoms with Crippen molar-refractivity contribution in [2.45, 2.75) is 91.1 Å². The number of nitrogens with zero attached hydrogens (tertiary/aromatic N) is 3. The van der Waals surface area contributed by atoms with Gasteiger partial charge in [0, 0.05) is 17.9 Å². The molecular formula is C25H34BN3O7. The monoisotopic (exact) mass is 499 g/mol. The second-order valence-corrected chi connectivity index (χ2v) is 11.2. The summed E-state index contributed by atoms with van der Waals surface area (Å²) in [7, 11) is -0.753. The zero-order valence-electron chi connectivity index (χ0n) is 22.2. The number of carbonyl (C=O) groups excluding carboxylic acids is 2. The fourth-order valence-corrected chi connectivity index (χ4v) is 3.88. The second kappa shape index (κ2) is 8.88. The minimum absolute atomic E-state index is 0.0981. The van der Waals surface area contributed by atoms with E-state index >= 15 is 0 Å². The minimum Gasteiger partial charge on any atom is -0.462 e. The number of pyridine rings is 2. The first-order valence-electron chi connectivity index (χ1n) is 12.3. The van der Waals surface area contributed by atoms with Gasteiger partial charge in [0.1, 0.15) is 11.2 Å². The molecule has 2 aromatic heterocycles. The Hall–Kier alpha value is -2.92. The SMILES string of the molecule is CCOC(=O)c1cn(N(C(=O)OC(C)(C)C)C2CC2)c2ncc(B3OC(C)(C)C(C)(C)O3)cc2c1=O. The number of esters is 1. The largest absolute Gasteiger partial charge is 0.496 e. The second-order valence-electron chi connectivity index (χ2n) is 11.2. The van der Waals surface area contributed by atoms with Crippen LogP contribution in [0.15, 0.2) is 23.3 Å². The van der Waals surface area contributed by atoms with Crippen molar-refractivity contribution >= 4 is 35.7 Å². The molecule has 2 aromatic rings. The molecule has 0 N–H and O–H groups in total. The first-order chi connectivity index (χ1) is 16.6. The van der Waals surface area contributed by atoms with Gasteiger partial charge in [0.25, 0.3) is 0 Å². The topological polar surface area (TPSA) is 109 Å². The van der Waals surface area contributed by atoms with Crippen LogP contribution in [0.5, 0.6) is 0 Å². The summed E-state index contributed by atoms with van der Waals surface area (Å²) in [5.74, 6) is -0.779. The number of aromatic nitrogens is 2. The zero-order valence-corrected chi connectivity index (χ0v) is 22.2. The molecule has 0 aromatic carbocycles. The molecule has 3 heterocycles. The summed E-state index contributed by atoms with van der Waals surface area (Å²) in [4.78, 5) is 44.0. The Kier molecular flexibility index (Phi) is 6.45. The van der Waals surface area contributed by atoms with Crippen LogP contribution in [-0.4, -0.2) is 58.3 Å². The summed E-state index contributed by atoms with van der Waals surface area (Å²) >= 11 is 0. The maximum Gasteiger partial charge on any atom is 0.496 e. The van der Waals surface area contributed by atoms with Gasteiger partial charge in [-0.15, -0.1) is 0 Å². The maximum atomic E-state index is 13.5. The van der Waals surface area contributed by atoms with Crippen LogP contribution in [0.25, 0.3) is 11.0 Å². The standard InChI is InChI=1S/C25H34BN3O7/c1-9-33-21(31)18-14-28(29(16-10-11-16)22(32)34-23(2,3)4)20-17(19(18)30)12-15(13-27-20)26-35-24(5,6)25(7,8)36-26/h12-14,16H,9-11H2,1-8H3. The van der Waals surface area contributed by atoms with Crippen molar-refractivity contribution in [2.75, 3.05) is 11.6 Å². The lowest BCUT2D eigenvalue weighted by Crippen LogP contribution is -2.46.